The van der Waals surface area contributed by atoms with Crippen molar-refractivity contribution in [1.29, 1.82) is 0 Å². The zero-order valence-corrected chi connectivity index (χ0v) is 17.2. The van der Waals surface area contributed by atoms with Crippen LogP contribution in [0.2, 0.25) is 5.02 Å². The van der Waals surface area contributed by atoms with Crippen LogP contribution in [0.15, 0.2) is 23.2 Å². The molecule has 0 aliphatic heterocycles. The van der Waals surface area contributed by atoms with Crippen molar-refractivity contribution < 1.29 is 17.5 Å². The first-order chi connectivity index (χ1) is 12.0. The third-order valence-electron chi connectivity index (χ3n) is 3.72. The average molecular weight is 408 g/mol. The van der Waals surface area contributed by atoms with E-state index in [-0.39, 0.29) is 23.6 Å². The topological polar surface area (TPSA) is 79.8 Å². The zero-order valence-electron chi connectivity index (χ0n) is 15.6. The molecule has 0 bridgehead atoms. The summed E-state index contributed by atoms with van der Waals surface area (Å²) in [6, 6.07) is 4.38. The lowest BCUT2D eigenvalue weighted by Crippen LogP contribution is -2.44. The third kappa shape index (κ3) is 8.33. The first-order valence-electron chi connectivity index (χ1n) is 8.21. The van der Waals surface area contributed by atoms with Gasteiger partial charge in [-0.2, -0.15) is 0 Å². The van der Waals surface area contributed by atoms with Crippen LogP contribution in [0.4, 0.5) is 4.39 Å². The van der Waals surface area contributed by atoms with E-state index in [1.165, 1.54) is 18.4 Å². The van der Waals surface area contributed by atoms with Crippen LogP contribution < -0.4 is 10.6 Å². The van der Waals surface area contributed by atoms with Crippen molar-refractivity contribution in [1.82, 2.24) is 10.6 Å². The van der Waals surface area contributed by atoms with Gasteiger partial charge < -0.3 is 15.4 Å². The maximum Gasteiger partial charge on any atom is 0.191 e. The van der Waals surface area contributed by atoms with Crippen molar-refractivity contribution >= 4 is 27.4 Å². The van der Waals surface area contributed by atoms with Gasteiger partial charge in [-0.05, 0) is 17.7 Å². The largest absolute Gasteiger partial charge is 0.379 e. The number of nitrogens with one attached hydrogen (secondary N) is 2. The highest BCUT2D eigenvalue weighted by Gasteiger charge is 2.24. The van der Waals surface area contributed by atoms with Crippen LogP contribution in [0.25, 0.3) is 0 Å². The lowest BCUT2D eigenvalue weighted by Gasteiger charge is -2.27. The fourth-order valence-electron chi connectivity index (χ4n) is 2.21. The second-order valence-electron chi connectivity index (χ2n) is 6.60. The van der Waals surface area contributed by atoms with Crippen molar-refractivity contribution in [3.05, 3.63) is 34.6 Å². The van der Waals surface area contributed by atoms with Crippen LogP contribution in [-0.2, 0) is 20.0 Å². The van der Waals surface area contributed by atoms with Gasteiger partial charge in [0.25, 0.3) is 0 Å². The number of guanidine groups is 1. The summed E-state index contributed by atoms with van der Waals surface area (Å²) in [4.78, 5) is 4.13. The van der Waals surface area contributed by atoms with E-state index in [1.54, 1.807) is 13.1 Å². The minimum absolute atomic E-state index is 0.00654. The minimum Gasteiger partial charge on any atom is -0.379 e. The van der Waals surface area contributed by atoms with E-state index in [2.05, 4.69) is 15.6 Å². The van der Waals surface area contributed by atoms with Gasteiger partial charge in [-0.25, -0.2) is 12.8 Å². The van der Waals surface area contributed by atoms with Crippen molar-refractivity contribution in [2.45, 2.75) is 19.3 Å². The van der Waals surface area contributed by atoms with Crippen molar-refractivity contribution in [3.8, 4) is 0 Å². The number of benzene rings is 1. The van der Waals surface area contributed by atoms with E-state index in [0.29, 0.717) is 30.7 Å². The SMILES string of the molecule is CN=C(NCCOCCS(C)(=O)=O)NCC(C)(C)c1ccc(F)cc1Cl. The number of hydrogen-bond acceptors (Lipinski definition) is 4. The molecule has 1 rings (SSSR count). The normalized spacial score (nSPS) is 12.9. The molecule has 148 valence electrons. The van der Waals surface area contributed by atoms with Crippen LogP contribution in [-0.4, -0.2) is 59.7 Å². The first kappa shape index (κ1) is 22.7. The van der Waals surface area contributed by atoms with Crippen LogP contribution in [0.1, 0.15) is 19.4 Å². The smallest absolute Gasteiger partial charge is 0.191 e. The molecule has 0 spiro atoms. The zero-order chi connectivity index (χ0) is 19.8. The summed E-state index contributed by atoms with van der Waals surface area (Å²) in [6.45, 7) is 5.56. The van der Waals surface area contributed by atoms with E-state index in [4.69, 9.17) is 16.3 Å². The van der Waals surface area contributed by atoms with Crippen LogP contribution in [0, 0.1) is 5.82 Å². The summed E-state index contributed by atoms with van der Waals surface area (Å²) in [5.74, 6) is 0.228. The summed E-state index contributed by atoms with van der Waals surface area (Å²) in [5, 5.41) is 6.67. The molecular weight excluding hydrogens is 381 g/mol. The Morgan fingerprint density at radius 2 is 2.00 bits per heavy atom. The minimum atomic E-state index is -3.01. The number of aliphatic imine (C=N–C) groups is 1. The predicted molar refractivity (Wildman–Crippen MR) is 104 cm³/mol. The molecule has 0 aliphatic rings. The molecule has 0 saturated heterocycles. The Kier molecular flexibility index (Phi) is 8.79. The van der Waals surface area contributed by atoms with E-state index in [9.17, 15) is 12.8 Å². The van der Waals surface area contributed by atoms with E-state index >= 15 is 0 Å². The molecular formula is C17H27ClFN3O3S. The molecule has 0 heterocycles. The maximum atomic E-state index is 13.2. The highest BCUT2D eigenvalue weighted by atomic mass is 35.5. The Morgan fingerprint density at radius 1 is 1.31 bits per heavy atom. The molecule has 6 nitrogen and oxygen atoms in total. The van der Waals surface area contributed by atoms with E-state index < -0.39 is 9.84 Å². The molecule has 2 N–H and O–H groups in total. The number of sulfone groups is 1. The summed E-state index contributed by atoms with van der Waals surface area (Å²) in [7, 11) is -1.36. The molecule has 0 unspecified atom stereocenters. The molecule has 0 fully saturated rings. The van der Waals surface area contributed by atoms with Gasteiger partial charge in [-0.1, -0.05) is 31.5 Å². The van der Waals surface area contributed by atoms with Gasteiger partial charge in [0, 0.05) is 36.8 Å². The summed E-state index contributed by atoms with van der Waals surface area (Å²) >= 11 is 6.15. The number of ether oxygens (including phenoxy) is 1. The fourth-order valence-corrected chi connectivity index (χ4v) is 3.06. The molecule has 0 saturated carbocycles. The molecule has 1 aromatic carbocycles. The summed E-state index contributed by atoms with van der Waals surface area (Å²) < 4.78 is 40.5. The van der Waals surface area contributed by atoms with Gasteiger partial charge in [0.2, 0.25) is 0 Å². The standard InChI is InChI=1S/C17H27ClFN3O3S/c1-17(2,14-6-5-13(19)11-15(14)18)12-22-16(20-3)21-7-8-25-9-10-26(4,23)24/h5-6,11H,7-10,12H2,1-4H3,(H2,20,21,22). The number of nitrogens with zero attached hydrogens (tertiary/aromatic N) is 1. The molecule has 1 aromatic rings. The number of hydrogen-bond donors (Lipinski definition) is 2. The molecule has 0 aliphatic carbocycles. The fraction of sp³-hybridized carbons (Fsp3) is 0.588. The lowest BCUT2D eigenvalue weighted by atomic mass is 9.84. The van der Waals surface area contributed by atoms with Crippen molar-refractivity contribution in [2.75, 3.05) is 45.4 Å². The van der Waals surface area contributed by atoms with Crippen molar-refractivity contribution in [3.63, 3.8) is 0 Å². The molecule has 0 radical (unpaired) electrons. The third-order valence-corrected chi connectivity index (χ3v) is 4.94. The molecule has 9 heteroatoms. The lowest BCUT2D eigenvalue weighted by molar-refractivity contribution is 0.154. The number of rotatable bonds is 9. The Balaban J connectivity index is 2.43. The van der Waals surface area contributed by atoms with Crippen LogP contribution >= 0.6 is 11.6 Å². The maximum absolute atomic E-state index is 13.2. The van der Waals surface area contributed by atoms with Gasteiger partial charge in [0.15, 0.2) is 5.96 Å². The Labute approximate surface area is 160 Å². The second kappa shape index (κ2) is 10.1. The van der Waals surface area contributed by atoms with Gasteiger partial charge in [0.1, 0.15) is 15.7 Å². The Morgan fingerprint density at radius 3 is 2.58 bits per heavy atom. The molecule has 0 aromatic heterocycles. The molecule has 26 heavy (non-hydrogen) atoms. The highest BCUT2D eigenvalue weighted by molar-refractivity contribution is 7.90. The Hall–Kier alpha value is -1.38. The first-order valence-corrected chi connectivity index (χ1v) is 10.6. The van der Waals surface area contributed by atoms with Gasteiger partial charge in [-0.15, -0.1) is 0 Å². The number of halogens is 2. The second-order valence-corrected chi connectivity index (χ2v) is 9.27. The van der Waals surface area contributed by atoms with Crippen LogP contribution in [0.5, 0.6) is 0 Å². The highest BCUT2D eigenvalue weighted by Crippen LogP contribution is 2.29. The summed E-state index contributed by atoms with van der Waals surface area (Å²) in [6.07, 6.45) is 1.18. The molecule has 0 amide bonds. The van der Waals surface area contributed by atoms with Gasteiger partial charge in [-0.3, -0.25) is 4.99 Å². The summed E-state index contributed by atoms with van der Waals surface area (Å²) in [5.41, 5.74) is 0.501. The van der Waals surface area contributed by atoms with E-state index in [1.807, 2.05) is 13.8 Å². The predicted octanol–water partition coefficient (Wildman–Crippen LogP) is 1.98. The van der Waals surface area contributed by atoms with Crippen LogP contribution in [0.3, 0.4) is 0 Å². The monoisotopic (exact) mass is 407 g/mol. The van der Waals surface area contributed by atoms with E-state index in [0.717, 1.165) is 5.56 Å². The average Bonchev–Trinajstić information content (AvgIpc) is 2.52. The van der Waals surface area contributed by atoms with Gasteiger partial charge in [0.05, 0.1) is 19.0 Å². The van der Waals surface area contributed by atoms with Gasteiger partial charge >= 0.3 is 0 Å². The Bertz CT molecular complexity index is 724. The quantitative estimate of drug-likeness (QED) is 0.371. The molecule has 0 atom stereocenters. The van der Waals surface area contributed by atoms with Crippen molar-refractivity contribution in [2.24, 2.45) is 4.99 Å².